The fourth-order valence-corrected chi connectivity index (χ4v) is 3.49. The van der Waals surface area contributed by atoms with Gasteiger partial charge in [-0.25, -0.2) is 4.98 Å². The average Bonchev–Trinajstić information content (AvgIpc) is 3.10. The maximum Gasteiger partial charge on any atom is 0.276 e. The molecule has 2 aromatic heterocycles. The van der Waals surface area contributed by atoms with Gasteiger partial charge in [-0.2, -0.15) is 0 Å². The Labute approximate surface area is 154 Å². The molecular weight excluding hydrogens is 358 g/mol. The van der Waals surface area contributed by atoms with Gasteiger partial charge in [-0.1, -0.05) is 16.5 Å². The fourth-order valence-electron chi connectivity index (χ4n) is 2.50. The van der Waals surface area contributed by atoms with Crippen molar-refractivity contribution < 1.29 is 18.9 Å². The van der Waals surface area contributed by atoms with Crippen LogP contribution in [-0.2, 0) is 4.79 Å². The van der Waals surface area contributed by atoms with Gasteiger partial charge in [0.15, 0.2) is 10.8 Å². The molecule has 0 unspecified atom stereocenters. The Morgan fingerprint density at radius 1 is 1.31 bits per heavy atom. The van der Waals surface area contributed by atoms with Crippen LogP contribution in [0.1, 0.15) is 31.6 Å². The van der Waals surface area contributed by atoms with Crippen molar-refractivity contribution in [3.05, 3.63) is 28.1 Å². The summed E-state index contributed by atoms with van der Waals surface area (Å²) in [6.45, 7) is 4.06. The van der Waals surface area contributed by atoms with Gasteiger partial charge in [0.2, 0.25) is 5.91 Å². The van der Waals surface area contributed by atoms with Crippen molar-refractivity contribution in [2.24, 2.45) is 5.92 Å². The number of aromatic nitrogens is 2. The third kappa shape index (κ3) is 3.45. The van der Waals surface area contributed by atoms with Gasteiger partial charge in [0.05, 0.1) is 11.6 Å². The van der Waals surface area contributed by atoms with Gasteiger partial charge in [0.25, 0.3) is 11.8 Å². The first-order valence-corrected chi connectivity index (χ1v) is 8.80. The molecule has 0 radical (unpaired) electrons. The second kappa shape index (κ2) is 6.87. The quantitative estimate of drug-likeness (QED) is 0.856. The summed E-state index contributed by atoms with van der Waals surface area (Å²) in [5, 5.41) is 6.80. The van der Waals surface area contributed by atoms with Crippen molar-refractivity contribution in [2.45, 2.75) is 13.8 Å². The zero-order valence-corrected chi connectivity index (χ0v) is 15.7. The molecule has 3 rings (SSSR count). The number of carbonyl (C=O) groups excluding carboxylic acids is 3. The van der Waals surface area contributed by atoms with Gasteiger partial charge in [0, 0.05) is 33.3 Å². The van der Waals surface area contributed by atoms with E-state index < -0.39 is 0 Å². The molecule has 1 aliphatic rings. The first-order valence-electron chi connectivity index (χ1n) is 7.98. The molecule has 0 saturated carbocycles. The van der Waals surface area contributed by atoms with E-state index in [1.54, 1.807) is 34.0 Å². The van der Waals surface area contributed by atoms with Gasteiger partial charge in [-0.15, -0.1) is 0 Å². The SMILES string of the molecule is Cc1cc(C(=O)N2CC(C(=O)Nc3nc(C)c(C(=O)N(C)C)s3)C2)no1. The molecule has 1 fully saturated rings. The molecule has 138 valence electrons. The van der Waals surface area contributed by atoms with Crippen LogP contribution in [0.2, 0.25) is 0 Å². The fraction of sp³-hybridized carbons (Fsp3) is 0.438. The molecule has 1 N–H and O–H groups in total. The third-order valence-electron chi connectivity index (χ3n) is 4.01. The standard InChI is InChI=1S/C16H19N5O4S/c1-8-5-11(19-25-8)14(23)21-6-10(7-21)13(22)18-16-17-9(2)12(26-16)15(24)20(3)4/h5,10H,6-7H2,1-4H3,(H,17,18,22). The number of hydrogen-bond acceptors (Lipinski definition) is 7. The lowest BCUT2D eigenvalue weighted by molar-refractivity contribution is -0.123. The summed E-state index contributed by atoms with van der Waals surface area (Å²) >= 11 is 1.15. The topological polar surface area (TPSA) is 109 Å². The van der Waals surface area contributed by atoms with Crippen molar-refractivity contribution in [1.29, 1.82) is 0 Å². The second-order valence-electron chi connectivity index (χ2n) is 6.35. The van der Waals surface area contributed by atoms with Crippen molar-refractivity contribution in [1.82, 2.24) is 19.9 Å². The third-order valence-corrected chi connectivity index (χ3v) is 5.07. The highest BCUT2D eigenvalue weighted by Gasteiger charge is 2.37. The Bertz CT molecular complexity index is 866. The summed E-state index contributed by atoms with van der Waals surface area (Å²) in [6, 6.07) is 1.57. The number of hydrogen-bond donors (Lipinski definition) is 1. The Hall–Kier alpha value is -2.75. The highest BCUT2D eigenvalue weighted by Crippen LogP contribution is 2.26. The summed E-state index contributed by atoms with van der Waals surface area (Å²) < 4.78 is 4.89. The Kier molecular flexibility index (Phi) is 4.77. The maximum atomic E-state index is 12.3. The normalized spacial score (nSPS) is 14.1. The molecule has 0 bridgehead atoms. The minimum absolute atomic E-state index is 0.149. The van der Waals surface area contributed by atoms with Crippen LogP contribution in [0.5, 0.6) is 0 Å². The Balaban J connectivity index is 1.56. The summed E-state index contributed by atoms with van der Waals surface area (Å²) in [4.78, 5) is 44.3. The minimum atomic E-state index is -0.316. The molecule has 3 heterocycles. The van der Waals surface area contributed by atoms with Crippen LogP contribution in [0.25, 0.3) is 0 Å². The van der Waals surface area contributed by atoms with E-state index in [1.807, 2.05) is 0 Å². The number of anilines is 1. The maximum absolute atomic E-state index is 12.3. The Morgan fingerprint density at radius 3 is 2.58 bits per heavy atom. The van der Waals surface area contributed by atoms with E-state index in [0.717, 1.165) is 11.3 Å². The van der Waals surface area contributed by atoms with Crippen molar-refractivity contribution in [3.8, 4) is 0 Å². The number of amides is 3. The Morgan fingerprint density at radius 2 is 2.00 bits per heavy atom. The van der Waals surface area contributed by atoms with Crippen LogP contribution in [0.4, 0.5) is 5.13 Å². The van der Waals surface area contributed by atoms with Gasteiger partial charge in [0.1, 0.15) is 10.6 Å². The van der Waals surface area contributed by atoms with Gasteiger partial charge in [-0.05, 0) is 13.8 Å². The van der Waals surface area contributed by atoms with Crippen LogP contribution in [-0.4, -0.2) is 64.8 Å². The molecule has 9 nitrogen and oxygen atoms in total. The highest BCUT2D eigenvalue weighted by molar-refractivity contribution is 7.17. The molecule has 0 aromatic carbocycles. The van der Waals surface area contributed by atoms with Gasteiger partial charge >= 0.3 is 0 Å². The predicted molar refractivity (Wildman–Crippen MR) is 94.1 cm³/mol. The van der Waals surface area contributed by atoms with Crippen LogP contribution >= 0.6 is 11.3 Å². The zero-order valence-electron chi connectivity index (χ0n) is 14.9. The van der Waals surface area contributed by atoms with E-state index in [4.69, 9.17) is 4.52 Å². The molecule has 2 aromatic rings. The van der Waals surface area contributed by atoms with Gasteiger partial charge in [-0.3, -0.25) is 14.4 Å². The largest absolute Gasteiger partial charge is 0.361 e. The van der Waals surface area contributed by atoms with Crippen LogP contribution in [0.3, 0.4) is 0 Å². The molecular formula is C16H19N5O4S. The summed E-state index contributed by atoms with van der Waals surface area (Å²) in [5.41, 5.74) is 0.819. The number of nitrogens with zero attached hydrogens (tertiary/aromatic N) is 4. The van der Waals surface area contributed by atoms with E-state index in [2.05, 4.69) is 15.5 Å². The van der Waals surface area contributed by atoms with Crippen LogP contribution in [0, 0.1) is 19.8 Å². The lowest BCUT2D eigenvalue weighted by Crippen LogP contribution is -2.54. The molecule has 10 heteroatoms. The van der Waals surface area contributed by atoms with E-state index in [1.165, 1.54) is 9.80 Å². The van der Waals surface area contributed by atoms with Crippen LogP contribution in [0.15, 0.2) is 10.6 Å². The highest BCUT2D eigenvalue weighted by atomic mass is 32.1. The zero-order chi connectivity index (χ0) is 19.0. The molecule has 0 aliphatic carbocycles. The minimum Gasteiger partial charge on any atom is -0.361 e. The van der Waals surface area contributed by atoms with Gasteiger partial charge < -0.3 is 19.6 Å². The number of likely N-dealkylation sites (tertiary alicyclic amines) is 1. The molecule has 3 amide bonds. The molecule has 0 atom stereocenters. The first-order chi connectivity index (χ1) is 12.3. The van der Waals surface area contributed by atoms with E-state index >= 15 is 0 Å². The van der Waals surface area contributed by atoms with Crippen molar-refractivity contribution >= 4 is 34.2 Å². The monoisotopic (exact) mass is 377 g/mol. The van der Waals surface area contributed by atoms with Crippen molar-refractivity contribution in [3.63, 3.8) is 0 Å². The summed E-state index contributed by atoms with van der Waals surface area (Å²) in [5.74, 6) is -0.379. The van der Waals surface area contributed by atoms with E-state index in [0.29, 0.717) is 34.6 Å². The molecule has 1 saturated heterocycles. The van der Waals surface area contributed by atoms with Crippen LogP contribution < -0.4 is 5.32 Å². The molecule has 26 heavy (non-hydrogen) atoms. The molecule has 0 spiro atoms. The smallest absolute Gasteiger partial charge is 0.276 e. The predicted octanol–water partition coefficient (Wildman–Crippen LogP) is 1.16. The number of nitrogens with one attached hydrogen (secondary N) is 1. The number of carbonyl (C=O) groups is 3. The number of aryl methyl sites for hydroxylation is 2. The molecule has 1 aliphatic heterocycles. The average molecular weight is 377 g/mol. The van der Waals surface area contributed by atoms with E-state index in [-0.39, 0.29) is 29.3 Å². The summed E-state index contributed by atoms with van der Waals surface area (Å²) in [7, 11) is 3.33. The number of thiazole rings is 1. The number of rotatable bonds is 4. The van der Waals surface area contributed by atoms with E-state index in [9.17, 15) is 14.4 Å². The first kappa shape index (κ1) is 18.1. The summed E-state index contributed by atoms with van der Waals surface area (Å²) in [6.07, 6.45) is 0. The second-order valence-corrected chi connectivity index (χ2v) is 7.35. The van der Waals surface area contributed by atoms with Crippen molar-refractivity contribution in [2.75, 3.05) is 32.5 Å². The lowest BCUT2D eigenvalue weighted by atomic mass is 9.99. The lowest BCUT2D eigenvalue weighted by Gasteiger charge is -2.37.